The van der Waals surface area contributed by atoms with E-state index in [0.29, 0.717) is 17.5 Å². The Balaban J connectivity index is 1.13. The Hall–Kier alpha value is -5.95. The Kier molecular flexibility index (Phi) is 8.03. The molecule has 1 aliphatic heterocycles. The van der Waals surface area contributed by atoms with Crippen molar-refractivity contribution in [1.82, 2.24) is 15.0 Å². The van der Waals surface area contributed by atoms with Crippen LogP contribution in [0.1, 0.15) is 27.7 Å². The van der Waals surface area contributed by atoms with Crippen molar-refractivity contribution < 1.29 is 9.31 Å². The summed E-state index contributed by atoms with van der Waals surface area (Å²) in [5.74, 6) is 1.93. The van der Waals surface area contributed by atoms with Crippen LogP contribution in [-0.4, -0.2) is 33.3 Å². The molecule has 0 atom stereocenters. The average molecular weight is 688 g/mol. The summed E-state index contributed by atoms with van der Waals surface area (Å²) >= 11 is 0. The zero-order valence-electron chi connectivity index (χ0n) is 30.2. The standard InChI is InChI=1S/C47H38BN3O2/c1-46(2)47(3,4)53-48(52-46)36-29-27-32(28-30-36)42-39-21-13-11-19-37(39)41(38-20-12-14-22-40(38)42)31-23-25-35(26-24-31)45-50-43(33-15-7-5-8-16-33)49-44(51-45)34-17-9-6-10-18-34/h5-30H,1-4H3. The van der Waals surface area contributed by atoms with Crippen molar-refractivity contribution in [2.45, 2.75) is 38.9 Å². The van der Waals surface area contributed by atoms with Crippen LogP contribution in [0.5, 0.6) is 0 Å². The van der Waals surface area contributed by atoms with Gasteiger partial charge in [0.25, 0.3) is 0 Å². The van der Waals surface area contributed by atoms with Crippen molar-refractivity contribution in [1.29, 1.82) is 0 Å². The predicted octanol–water partition coefficient (Wildman–Crippen LogP) is 10.8. The van der Waals surface area contributed by atoms with Crippen LogP contribution in [0.15, 0.2) is 158 Å². The Bertz CT molecular complexity index is 2480. The molecule has 0 aliphatic carbocycles. The smallest absolute Gasteiger partial charge is 0.399 e. The molecule has 5 nitrogen and oxygen atoms in total. The van der Waals surface area contributed by atoms with Crippen LogP contribution in [0, 0.1) is 0 Å². The first-order valence-corrected chi connectivity index (χ1v) is 18.1. The fraction of sp³-hybridized carbons (Fsp3) is 0.128. The second-order valence-corrected chi connectivity index (χ2v) is 14.7. The third-order valence-corrected chi connectivity index (χ3v) is 10.8. The highest BCUT2D eigenvalue weighted by molar-refractivity contribution is 6.62. The van der Waals surface area contributed by atoms with Gasteiger partial charge in [-0.05, 0) is 77.0 Å². The first-order chi connectivity index (χ1) is 25.8. The molecule has 0 N–H and O–H groups in total. The van der Waals surface area contributed by atoms with E-state index in [9.17, 15) is 0 Å². The molecule has 9 rings (SSSR count). The van der Waals surface area contributed by atoms with Gasteiger partial charge in [0, 0.05) is 16.7 Å². The van der Waals surface area contributed by atoms with Crippen molar-refractivity contribution in [2.24, 2.45) is 0 Å². The van der Waals surface area contributed by atoms with E-state index in [0.717, 1.165) is 33.3 Å². The minimum atomic E-state index is -0.403. The van der Waals surface area contributed by atoms with E-state index in [1.807, 2.05) is 60.7 Å². The van der Waals surface area contributed by atoms with E-state index in [1.54, 1.807) is 0 Å². The van der Waals surface area contributed by atoms with E-state index in [2.05, 4.69) is 125 Å². The van der Waals surface area contributed by atoms with Gasteiger partial charge in [0.2, 0.25) is 0 Å². The second kappa shape index (κ2) is 12.9. The van der Waals surface area contributed by atoms with E-state index in [4.69, 9.17) is 24.3 Å². The van der Waals surface area contributed by atoms with Gasteiger partial charge in [-0.3, -0.25) is 0 Å². The maximum atomic E-state index is 6.36. The number of benzene rings is 7. The summed E-state index contributed by atoms with van der Waals surface area (Å²) in [4.78, 5) is 14.8. The fourth-order valence-corrected chi connectivity index (χ4v) is 7.26. The lowest BCUT2D eigenvalue weighted by Crippen LogP contribution is -2.41. The zero-order valence-corrected chi connectivity index (χ0v) is 30.2. The third kappa shape index (κ3) is 5.90. The summed E-state index contributed by atoms with van der Waals surface area (Å²) in [6.45, 7) is 8.35. The second-order valence-electron chi connectivity index (χ2n) is 14.7. The van der Waals surface area contributed by atoms with E-state index in [1.165, 1.54) is 32.7 Å². The highest BCUT2D eigenvalue weighted by Gasteiger charge is 2.51. The summed E-state index contributed by atoms with van der Waals surface area (Å²) in [5.41, 5.74) is 7.76. The summed E-state index contributed by atoms with van der Waals surface area (Å²) in [7, 11) is -0.403. The molecular formula is C47H38BN3O2. The first-order valence-electron chi connectivity index (χ1n) is 18.1. The molecule has 8 aromatic rings. The molecule has 0 unspecified atom stereocenters. The molecule has 1 fully saturated rings. The molecule has 7 aromatic carbocycles. The molecule has 0 spiro atoms. The number of nitrogens with zero attached hydrogens (tertiary/aromatic N) is 3. The number of aromatic nitrogens is 3. The molecule has 0 saturated carbocycles. The van der Waals surface area contributed by atoms with Crippen LogP contribution in [0.2, 0.25) is 0 Å². The van der Waals surface area contributed by atoms with E-state index in [-0.39, 0.29) is 0 Å². The SMILES string of the molecule is CC1(C)OB(c2ccc(-c3c4ccccc4c(-c4ccc(-c5nc(-c6ccccc6)nc(-c6ccccc6)n5)cc4)c4ccccc34)cc2)OC1(C)C. The lowest BCUT2D eigenvalue weighted by Gasteiger charge is -2.32. The van der Waals surface area contributed by atoms with Gasteiger partial charge in [-0.2, -0.15) is 0 Å². The van der Waals surface area contributed by atoms with Gasteiger partial charge in [0.05, 0.1) is 11.2 Å². The van der Waals surface area contributed by atoms with E-state index < -0.39 is 18.3 Å². The van der Waals surface area contributed by atoms with Gasteiger partial charge in [-0.15, -0.1) is 0 Å². The Morgan fingerprint density at radius 3 is 1.04 bits per heavy atom. The van der Waals surface area contributed by atoms with Crippen LogP contribution in [-0.2, 0) is 9.31 Å². The minimum Gasteiger partial charge on any atom is -0.399 e. The maximum absolute atomic E-state index is 6.36. The summed E-state index contributed by atoms with van der Waals surface area (Å²) in [5, 5.41) is 4.79. The monoisotopic (exact) mass is 687 g/mol. The van der Waals surface area contributed by atoms with E-state index >= 15 is 0 Å². The summed E-state index contributed by atoms with van der Waals surface area (Å²) in [6, 6.07) is 54.9. The van der Waals surface area contributed by atoms with Crippen LogP contribution in [0.4, 0.5) is 0 Å². The topological polar surface area (TPSA) is 57.1 Å². The molecule has 53 heavy (non-hydrogen) atoms. The van der Waals surface area contributed by atoms with Gasteiger partial charge in [0.15, 0.2) is 17.5 Å². The molecule has 1 saturated heterocycles. The lowest BCUT2D eigenvalue weighted by molar-refractivity contribution is 0.00578. The van der Waals surface area contributed by atoms with Gasteiger partial charge < -0.3 is 9.31 Å². The molecule has 256 valence electrons. The summed E-state index contributed by atoms with van der Waals surface area (Å²) < 4.78 is 12.7. The van der Waals surface area contributed by atoms with Gasteiger partial charge in [-0.25, -0.2) is 15.0 Å². The van der Waals surface area contributed by atoms with Crippen LogP contribution in [0.25, 0.3) is 78.0 Å². The van der Waals surface area contributed by atoms with Crippen molar-refractivity contribution in [3.63, 3.8) is 0 Å². The van der Waals surface area contributed by atoms with Gasteiger partial charge in [0.1, 0.15) is 0 Å². The molecule has 1 aromatic heterocycles. The van der Waals surface area contributed by atoms with Crippen molar-refractivity contribution in [2.75, 3.05) is 0 Å². The predicted molar refractivity (Wildman–Crippen MR) is 218 cm³/mol. The fourth-order valence-electron chi connectivity index (χ4n) is 7.26. The quantitative estimate of drug-likeness (QED) is 0.129. The minimum absolute atomic E-state index is 0.391. The molecule has 2 heterocycles. The molecular weight excluding hydrogens is 649 g/mol. The molecule has 0 amide bonds. The highest BCUT2D eigenvalue weighted by Crippen LogP contribution is 2.44. The van der Waals surface area contributed by atoms with Gasteiger partial charge >= 0.3 is 7.12 Å². The number of hydrogen-bond acceptors (Lipinski definition) is 5. The maximum Gasteiger partial charge on any atom is 0.494 e. The van der Waals surface area contributed by atoms with Crippen LogP contribution >= 0.6 is 0 Å². The highest BCUT2D eigenvalue weighted by atomic mass is 16.7. The molecule has 0 radical (unpaired) electrons. The summed E-state index contributed by atoms with van der Waals surface area (Å²) in [6.07, 6.45) is 0. The third-order valence-electron chi connectivity index (χ3n) is 10.8. The lowest BCUT2D eigenvalue weighted by atomic mass is 9.78. The van der Waals surface area contributed by atoms with Crippen LogP contribution in [0.3, 0.4) is 0 Å². The Morgan fingerprint density at radius 2 is 0.660 bits per heavy atom. The molecule has 1 aliphatic rings. The van der Waals surface area contributed by atoms with Crippen molar-refractivity contribution >= 4 is 34.1 Å². The van der Waals surface area contributed by atoms with Crippen molar-refractivity contribution in [3.8, 4) is 56.4 Å². The Labute approximate surface area is 310 Å². The molecule has 0 bridgehead atoms. The first kappa shape index (κ1) is 32.9. The van der Waals surface area contributed by atoms with Crippen LogP contribution < -0.4 is 5.46 Å². The number of fused-ring (bicyclic) bond motifs is 2. The Morgan fingerprint density at radius 1 is 0.358 bits per heavy atom. The largest absolute Gasteiger partial charge is 0.494 e. The van der Waals surface area contributed by atoms with Gasteiger partial charge in [-0.1, -0.05) is 158 Å². The number of rotatable bonds is 6. The molecule has 6 heteroatoms. The average Bonchev–Trinajstić information content (AvgIpc) is 3.43. The zero-order chi connectivity index (χ0) is 36.2. The normalized spacial score (nSPS) is 14.9. The number of hydrogen-bond donors (Lipinski definition) is 0. The van der Waals surface area contributed by atoms with Crippen molar-refractivity contribution in [3.05, 3.63) is 158 Å².